The first kappa shape index (κ1) is 28.4. The molecule has 41 heavy (non-hydrogen) atoms. The summed E-state index contributed by atoms with van der Waals surface area (Å²) in [6.07, 6.45) is -1.78. The molecule has 1 atom stereocenters. The number of fused-ring (bicyclic) bond motifs is 1. The van der Waals surface area contributed by atoms with E-state index in [4.69, 9.17) is 14.9 Å². The quantitative estimate of drug-likeness (QED) is 0.169. The molecule has 0 fully saturated rings. The summed E-state index contributed by atoms with van der Waals surface area (Å²) in [4.78, 5) is 31.5. The van der Waals surface area contributed by atoms with Crippen LogP contribution in [0.5, 0.6) is 5.75 Å². The number of rotatable bonds is 10. The average molecular weight is 596 g/mol. The number of alkyl halides is 2. The maximum Gasteiger partial charge on any atom is 0.291 e. The number of benzene rings is 1. The number of amides is 2. The van der Waals surface area contributed by atoms with E-state index in [1.54, 1.807) is 12.1 Å². The number of aryl methyl sites for hydroxylation is 1. The van der Waals surface area contributed by atoms with Gasteiger partial charge in [-0.15, -0.1) is 22.7 Å². The van der Waals surface area contributed by atoms with Crippen molar-refractivity contribution in [3.63, 3.8) is 0 Å². The van der Waals surface area contributed by atoms with Crippen molar-refractivity contribution >= 4 is 50.4 Å². The molecule has 0 aliphatic heterocycles. The fourth-order valence-corrected chi connectivity index (χ4v) is 6.24. The van der Waals surface area contributed by atoms with Crippen LogP contribution in [-0.4, -0.2) is 16.8 Å². The van der Waals surface area contributed by atoms with Crippen molar-refractivity contribution < 1.29 is 27.5 Å². The number of anilines is 1. The highest BCUT2D eigenvalue weighted by atomic mass is 32.1. The number of halogens is 2. The zero-order chi connectivity index (χ0) is 29.3. The van der Waals surface area contributed by atoms with Crippen molar-refractivity contribution in [1.82, 2.24) is 4.98 Å². The molecule has 3 N–H and O–H groups in total. The normalized spacial score (nSPS) is 12.1. The summed E-state index contributed by atoms with van der Waals surface area (Å²) in [6, 6.07) is 15.9. The highest BCUT2D eigenvalue weighted by Crippen LogP contribution is 2.44. The van der Waals surface area contributed by atoms with Gasteiger partial charge in [0.1, 0.15) is 33.5 Å². The molecular weight excluding hydrogens is 568 g/mol. The van der Waals surface area contributed by atoms with Crippen molar-refractivity contribution in [3.8, 4) is 16.2 Å². The number of carbonyl (C=O) groups is 2. The van der Waals surface area contributed by atoms with Crippen molar-refractivity contribution in [2.24, 2.45) is 5.73 Å². The van der Waals surface area contributed by atoms with E-state index in [0.29, 0.717) is 33.3 Å². The summed E-state index contributed by atoms with van der Waals surface area (Å²) in [5, 5.41) is 3.08. The SMILES string of the molecule is CCC(C)c1ccc(OCc2ccc(C(=O)Nc3c(C(N)=O)sc4nc(C(F)F)cc(-c5ccc(C)s5)c34)o2)cc1. The number of thiophene rings is 2. The summed E-state index contributed by atoms with van der Waals surface area (Å²) in [5.74, 6) is 0.0758. The Morgan fingerprint density at radius 1 is 1.10 bits per heavy atom. The lowest BCUT2D eigenvalue weighted by Crippen LogP contribution is -2.16. The van der Waals surface area contributed by atoms with Crippen LogP contribution in [0.4, 0.5) is 14.5 Å². The first-order chi connectivity index (χ1) is 19.6. The van der Waals surface area contributed by atoms with E-state index in [2.05, 4.69) is 24.1 Å². The molecule has 0 aliphatic carbocycles. The molecule has 1 unspecified atom stereocenters. The lowest BCUT2D eigenvalue weighted by atomic mass is 9.99. The van der Waals surface area contributed by atoms with Crippen molar-refractivity contribution in [2.75, 3.05) is 5.32 Å². The highest BCUT2D eigenvalue weighted by molar-refractivity contribution is 7.21. The van der Waals surface area contributed by atoms with Crippen LogP contribution in [0.3, 0.4) is 0 Å². The number of pyridine rings is 1. The van der Waals surface area contributed by atoms with Gasteiger partial charge in [0.05, 0.1) is 5.69 Å². The molecule has 0 radical (unpaired) electrons. The Hall–Kier alpha value is -4.09. The highest BCUT2D eigenvalue weighted by Gasteiger charge is 2.26. The number of carbonyl (C=O) groups excluding carboxylic acids is 2. The van der Waals surface area contributed by atoms with Gasteiger partial charge in [-0.1, -0.05) is 26.0 Å². The van der Waals surface area contributed by atoms with Crippen LogP contribution in [0, 0.1) is 6.92 Å². The molecule has 1 aromatic carbocycles. The van der Waals surface area contributed by atoms with Gasteiger partial charge in [0.2, 0.25) is 0 Å². The van der Waals surface area contributed by atoms with Crippen LogP contribution >= 0.6 is 22.7 Å². The molecule has 7 nitrogen and oxygen atoms in total. The number of primary amides is 1. The molecule has 0 aliphatic rings. The molecule has 2 amide bonds. The lowest BCUT2D eigenvalue weighted by molar-refractivity contribution is 0.0992. The third-order valence-corrected chi connectivity index (χ3v) is 8.83. The van der Waals surface area contributed by atoms with E-state index < -0.39 is 23.9 Å². The third kappa shape index (κ3) is 6.01. The zero-order valence-electron chi connectivity index (χ0n) is 22.5. The number of furan rings is 1. The van der Waals surface area contributed by atoms with Gasteiger partial charge in [0, 0.05) is 20.7 Å². The van der Waals surface area contributed by atoms with E-state index in [0.717, 1.165) is 22.6 Å². The molecule has 5 aromatic rings. The molecule has 0 bridgehead atoms. The second kappa shape index (κ2) is 11.8. The number of hydrogen-bond donors (Lipinski definition) is 2. The fraction of sp³-hybridized carbons (Fsp3) is 0.233. The Bertz CT molecular complexity index is 1720. The zero-order valence-corrected chi connectivity index (χ0v) is 24.1. The second-order valence-electron chi connectivity index (χ2n) is 9.54. The van der Waals surface area contributed by atoms with E-state index in [-0.39, 0.29) is 27.8 Å². The summed E-state index contributed by atoms with van der Waals surface area (Å²) < 4.78 is 38.9. The van der Waals surface area contributed by atoms with Gasteiger partial charge in [-0.05, 0) is 67.3 Å². The maximum atomic E-state index is 13.7. The Kier molecular flexibility index (Phi) is 8.18. The minimum atomic E-state index is -2.82. The summed E-state index contributed by atoms with van der Waals surface area (Å²) >= 11 is 2.25. The van der Waals surface area contributed by atoms with E-state index in [9.17, 15) is 18.4 Å². The molecule has 4 heterocycles. The predicted molar refractivity (Wildman–Crippen MR) is 157 cm³/mol. The molecule has 0 spiro atoms. The summed E-state index contributed by atoms with van der Waals surface area (Å²) in [6.45, 7) is 6.30. The Morgan fingerprint density at radius 3 is 2.49 bits per heavy atom. The van der Waals surface area contributed by atoms with Crippen molar-refractivity contribution in [1.29, 1.82) is 0 Å². The van der Waals surface area contributed by atoms with Gasteiger partial charge in [-0.2, -0.15) is 0 Å². The Labute approximate surface area is 243 Å². The molecule has 0 saturated carbocycles. The summed E-state index contributed by atoms with van der Waals surface area (Å²) in [7, 11) is 0. The average Bonchev–Trinajstić information content (AvgIpc) is 3.70. The monoisotopic (exact) mass is 595 g/mol. The van der Waals surface area contributed by atoms with Crippen LogP contribution in [0.1, 0.15) is 74.7 Å². The summed E-state index contributed by atoms with van der Waals surface area (Å²) in [5.41, 5.74) is 6.95. The standard InChI is InChI=1S/C30H27F2N3O4S2/c1-4-15(2)17-6-8-18(9-7-17)38-14-19-10-11-22(39-19)29(37)35-25-24-20(23-12-5-16(3)40-23)13-21(27(31)32)34-30(24)41-26(25)28(33)36/h5-13,15,27H,4,14H2,1-3H3,(H2,33,36)(H,35,37). The number of nitrogens with one attached hydrogen (secondary N) is 1. The van der Waals surface area contributed by atoms with Crippen LogP contribution in [-0.2, 0) is 6.61 Å². The smallest absolute Gasteiger partial charge is 0.291 e. The van der Waals surface area contributed by atoms with E-state index in [1.165, 1.54) is 29.0 Å². The Balaban J connectivity index is 1.42. The van der Waals surface area contributed by atoms with Gasteiger partial charge in [-0.3, -0.25) is 9.59 Å². The number of nitrogens with two attached hydrogens (primary N) is 1. The minimum Gasteiger partial charge on any atom is -0.486 e. The van der Waals surface area contributed by atoms with Gasteiger partial charge in [-0.25, -0.2) is 13.8 Å². The molecular formula is C30H27F2N3O4S2. The number of hydrogen-bond acceptors (Lipinski definition) is 7. The second-order valence-corrected chi connectivity index (χ2v) is 11.8. The first-order valence-electron chi connectivity index (χ1n) is 12.9. The topological polar surface area (TPSA) is 107 Å². The molecule has 4 aromatic heterocycles. The third-order valence-electron chi connectivity index (χ3n) is 6.70. The first-order valence-corrected chi connectivity index (χ1v) is 14.5. The predicted octanol–water partition coefficient (Wildman–Crippen LogP) is 8.31. The van der Waals surface area contributed by atoms with Crippen LogP contribution in [0.2, 0.25) is 0 Å². The molecule has 11 heteroatoms. The van der Waals surface area contributed by atoms with Gasteiger partial charge < -0.3 is 20.2 Å². The fourth-order valence-electron chi connectivity index (χ4n) is 4.33. The lowest BCUT2D eigenvalue weighted by Gasteiger charge is -2.10. The van der Waals surface area contributed by atoms with Crippen LogP contribution in [0.15, 0.2) is 59.0 Å². The number of aromatic nitrogens is 1. The largest absolute Gasteiger partial charge is 0.486 e. The Morgan fingerprint density at radius 2 is 1.85 bits per heavy atom. The number of ether oxygens (including phenoxy) is 1. The van der Waals surface area contributed by atoms with E-state index >= 15 is 0 Å². The van der Waals surface area contributed by atoms with Gasteiger partial charge >= 0.3 is 0 Å². The van der Waals surface area contributed by atoms with Crippen molar-refractivity contribution in [3.05, 3.63) is 87.1 Å². The van der Waals surface area contributed by atoms with Crippen LogP contribution < -0.4 is 15.8 Å². The maximum absolute atomic E-state index is 13.7. The number of nitrogens with zero attached hydrogens (tertiary/aromatic N) is 1. The molecule has 5 rings (SSSR count). The minimum absolute atomic E-state index is 0.00209. The molecule has 0 saturated heterocycles. The molecule has 212 valence electrons. The van der Waals surface area contributed by atoms with Gasteiger partial charge in [0.25, 0.3) is 18.2 Å². The van der Waals surface area contributed by atoms with E-state index in [1.807, 2.05) is 37.3 Å². The van der Waals surface area contributed by atoms with Gasteiger partial charge in [0.15, 0.2) is 5.76 Å². The van der Waals surface area contributed by atoms with Crippen molar-refractivity contribution in [2.45, 2.75) is 46.1 Å². The van der Waals surface area contributed by atoms with Crippen LogP contribution in [0.25, 0.3) is 20.7 Å².